The van der Waals surface area contributed by atoms with Crippen LogP contribution in [0.5, 0.6) is 0 Å². The second-order valence-electron chi connectivity index (χ2n) is 9.14. The van der Waals surface area contributed by atoms with Crippen LogP contribution in [0.3, 0.4) is 0 Å². The summed E-state index contributed by atoms with van der Waals surface area (Å²) in [7, 11) is 0. The summed E-state index contributed by atoms with van der Waals surface area (Å²) in [5.41, 5.74) is 2.49. The van der Waals surface area contributed by atoms with Gasteiger partial charge in [0.1, 0.15) is 0 Å². The number of hydrogen-bond acceptors (Lipinski definition) is 1. The number of hydrogen-bond donors (Lipinski definition) is 1. The molecule has 0 aromatic heterocycles. The number of carbonyl (C=O) groups excluding carboxylic acids is 1. The highest BCUT2D eigenvalue weighted by atomic mass is 127. The van der Waals surface area contributed by atoms with Crippen molar-refractivity contribution in [1.82, 2.24) is 5.32 Å². The van der Waals surface area contributed by atoms with Crippen molar-refractivity contribution in [3.63, 3.8) is 0 Å². The highest BCUT2D eigenvalue weighted by molar-refractivity contribution is 14.1. The third kappa shape index (κ3) is 2.44. The first kappa shape index (κ1) is 17.1. The van der Waals surface area contributed by atoms with Gasteiger partial charge in [-0.05, 0) is 94.3 Å². The molecule has 0 heterocycles. The van der Waals surface area contributed by atoms with E-state index < -0.39 is 0 Å². The molecule has 1 N–H and O–H groups in total. The zero-order valence-corrected chi connectivity index (χ0v) is 17.4. The van der Waals surface area contributed by atoms with Gasteiger partial charge in [0, 0.05) is 18.4 Å². The Hall–Kier alpha value is -0.320. The molecule has 2 saturated carbocycles. The standard InChI is InChI=1S/C21H30INO/c1-13(24)23-15-8-10-20(2)14(12-15)4-5-16-17-6-7-19(22)21(17,3)11-9-18(16)20/h4,7,15-18H,5-6,8-12H2,1-3H3,(H,23,24)/t15-,16+,17+,18+,20+,21+/m1/s1. The Kier molecular flexibility index (Phi) is 4.17. The summed E-state index contributed by atoms with van der Waals surface area (Å²) < 4.78 is 1.62. The first-order valence-corrected chi connectivity index (χ1v) is 10.8. The normalized spacial score (nSPS) is 47.0. The maximum Gasteiger partial charge on any atom is 0.217 e. The van der Waals surface area contributed by atoms with Crippen molar-refractivity contribution >= 4 is 28.5 Å². The van der Waals surface area contributed by atoms with E-state index in [1.54, 1.807) is 16.1 Å². The van der Waals surface area contributed by atoms with Gasteiger partial charge in [-0.1, -0.05) is 31.6 Å². The van der Waals surface area contributed by atoms with Crippen molar-refractivity contribution < 1.29 is 4.79 Å². The second-order valence-corrected chi connectivity index (χ2v) is 10.3. The molecule has 0 saturated heterocycles. The van der Waals surface area contributed by atoms with Crippen LogP contribution in [0.4, 0.5) is 0 Å². The van der Waals surface area contributed by atoms with Crippen molar-refractivity contribution in [2.45, 2.75) is 71.8 Å². The van der Waals surface area contributed by atoms with Crippen LogP contribution in [-0.4, -0.2) is 11.9 Å². The molecule has 0 bridgehead atoms. The number of amides is 1. The lowest BCUT2D eigenvalue weighted by Crippen LogP contribution is -2.51. The second kappa shape index (κ2) is 5.85. The monoisotopic (exact) mass is 439 g/mol. The number of carbonyl (C=O) groups is 1. The minimum atomic E-state index is 0.123. The van der Waals surface area contributed by atoms with Crippen molar-refractivity contribution in [2.75, 3.05) is 0 Å². The van der Waals surface area contributed by atoms with Gasteiger partial charge in [-0.2, -0.15) is 0 Å². The average molecular weight is 439 g/mol. The number of rotatable bonds is 1. The lowest BCUT2D eigenvalue weighted by molar-refractivity contribution is -0.120. The maximum atomic E-state index is 11.4. The summed E-state index contributed by atoms with van der Waals surface area (Å²) in [6.07, 6.45) is 13.9. The van der Waals surface area contributed by atoms with Crippen LogP contribution in [0.2, 0.25) is 0 Å². The molecular formula is C21H30INO. The average Bonchev–Trinajstić information content (AvgIpc) is 2.83. The van der Waals surface area contributed by atoms with E-state index in [1.165, 1.54) is 32.1 Å². The molecule has 4 rings (SSSR count). The first-order chi connectivity index (χ1) is 11.3. The molecule has 132 valence electrons. The topological polar surface area (TPSA) is 29.1 Å². The minimum absolute atomic E-state index is 0.123. The van der Waals surface area contributed by atoms with E-state index in [0.717, 1.165) is 30.6 Å². The zero-order chi connectivity index (χ0) is 17.1. The molecule has 0 unspecified atom stereocenters. The SMILES string of the molecule is CC(=O)N[C@@H]1CC[C@@]2(C)C(=CC[C@@H]3[C@@H]2CC[C@]2(C)C(I)=CC[C@@H]32)C1. The number of fused-ring (bicyclic) bond motifs is 5. The van der Waals surface area contributed by atoms with Gasteiger partial charge in [0.15, 0.2) is 0 Å². The first-order valence-electron chi connectivity index (χ1n) is 9.67. The molecule has 3 heteroatoms. The molecule has 4 aliphatic carbocycles. The molecule has 2 nitrogen and oxygen atoms in total. The molecule has 0 radical (unpaired) electrons. The summed E-state index contributed by atoms with van der Waals surface area (Å²) >= 11 is 2.61. The van der Waals surface area contributed by atoms with Crippen LogP contribution >= 0.6 is 22.6 Å². The molecule has 6 atom stereocenters. The van der Waals surface area contributed by atoms with Crippen LogP contribution < -0.4 is 5.32 Å². The molecule has 0 aromatic rings. The Labute approximate surface area is 160 Å². The molecule has 1 amide bonds. The number of halogens is 1. The summed E-state index contributed by atoms with van der Waals surface area (Å²) in [4.78, 5) is 11.4. The molecular weight excluding hydrogens is 409 g/mol. The fourth-order valence-corrected chi connectivity index (χ4v) is 7.51. The van der Waals surface area contributed by atoms with Gasteiger partial charge in [-0.25, -0.2) is 0 Å². The van der Waals surface area contributed by atoms with Crippen molar-refractivity contribution in [2.24, 2.45) is 28.6 Å². The highest BCUT2D eigenvalue weighted by Gasteiger charge is 2.56. The van der Waals surface area contributed by atoms with Gasteiger partial charge in [0.2, 0.25) is 5.91 Å². The lowest BCUT2D eigenvalue weighted by Gasteiger charge is -2.57. The van der Waals surface area contributed by atoms with E-state index in [1.807, 2.05) is 0 Å². The van der Waals surface area contributed by atoms with E-state index in [4.69, 9.17) is 0 Å². The largest absolute Gasteiger partial charge is 0.353 e. The summed E-state index contributed by atoms with van der Waals surface area (Å²) in [5, 5.41) is 3.16. The van der Waals surface area contributed by atoms with Gasteiger partial charge in [0.05, 0.1) is 0 Å². The predicted molar refractivity (Wildman–Crippen MR) is 107 cm³/mol. The Morgan fingerprint density at radius 3 is 2.62 bits per heavy atom. The van der Waals surface area contributed by atoms with Crippen LogP contribution in [0.1, 0.15) is 65.7 Å². The van der Waals surface area contributed by atoms with E-state index >= 15 is 0 Å². The Balaban J connectivity index is 1.59. The summed E-state index contributed by atoms with van der Waals surface area (Å²) in [6.45, 7) is 6.71. The van der Waals surface area contributed by atoms with Gasteiger partial charge in [0.25, 0.3) is 0 Å². The van der Waals surface area contributed by atoms with Gasteiger partial charge >= 0.3 is 0 Å². The highest BCUT2D eigenvalue weighted by Crippen LogP contribution is 2.65. The van der Waals surface area contributed by atoms with Crippen molar-refractivity contribution in [3.8, 4) is 0 Å². The smallest absolute Gasteiger partial charge is 0.217 e. The lowest BCUT2D eigenvalue weighted by atomic mass is 9.48. The van der Waals surface area contributed by atoms with E-state index in [2.05, 4.69) is 53.9 Å². The quantitative estimate of drug-likeness (QED) is 0.431. The number of nitrogens with one attached hydrogen (secondary N) is 1. The van der Waals surface area contributed by atoms with E-state index in [9.17, 15) is 4.79 Å². The fourth-order valence-electron chi connectivity index (χ4n) is 6.59. The fraction of sp³-hybridized carbons (Fsp3) is 0.762. The zero-order valence-electron chi connectivity index (χ0n) is 15.2. The van der Waals surface area contributed by atoms with Crippen LogP contribution in [-0.2, 0) is 4.79 Å². The number of allylic oxidation sites excluding steroid dienone is 3. The predicted octanol–water partition coefficient (Wildman–Crippen LogP) is 5.38. The Bertz CT molecular complexity index is 623. The molecule has 0 aliphatic heterocycles. The van der Waals surface area contributed by atoms with Crippen molar-refractivity contribution in [1.29, 1.82) is 0 Å². The van der Waals surface area contributed by atoms with Crippen LogP contribution in [0.25, 0.3) is 0 Å². The molecule has 0 spiro atoms. The Morgan fingerprint density at radius 1 is 1.12 bits per heavy atom. The van der Waals surface area contributed by atoms with Crippen molar-refractivity contribution in [3.05, 3.63) is 21.3 Å². The molecule has 4 aliphatic rings. The van der Waals surface area contributed by atoms with Gasteiger partial charge in [-0.15, -0.1) is 0 Å². The Morgan fingerprint density at radius 2 is 1.88 bits per heavy atom. The minimum Gasteiger partial charge on any atom is -0.353 e. The molecule has 24 heavy (non-hydrogen) atoms. The maximum absolute atomic E-state index is 11.4. The van der Waals surface area contributed by atoms with Gasteiger partial charge in [-0.3, -0.25) is 4.79 Å². The molecule has 2 fully saturated rings. The summed E-state index contributed by atoms with van der Waals surface area (Å²) in [5.74, 6) is 2.69. The van der Waals surface area contributed by atoms with E-state index in [0.29, 0.717) is 16.9 Å². The van der Waals surface area contributed by atoms with E-state index in [-0.39, 0.29) is 5.91 Å². The third-order valence-electron chi connectivity index (χ3n) is 8.00. The van der Waals surface area contributed by atoms with Gasteiger partial charge < -0.3 is 5.32 Å². The van der Waals surface area contributed by atoms with Crippen LogP contribution in [0.15, 0.2) is 21.3 Å². The molecule has 0 aromatic carbocycles. The van der Waals surface area contributed by atoms with Crippen LogP contribution in [0, 0.1) is 28.6 Å². The summed E-state index contributed by atoms with van der Waals surface area (Å²) in [6, 6.07) is 0.362. The third-order valence-corrected chi connectivity index (χ3v) is 9.67.